The van der Waals surface area contributed by atoms with Crippen molar-refractivity contribution in [1.29, 1.82) is 0 Å². The van der Waals surface area contributed by atoms with Crippen molar-refractivity contribution < 1.29 is 18.5 Å². The summed E-state index contributed by atoms with van der Waals surface area (Å²) in [4.78, 5) is 23.2. The molecule has 0 spiro atoms. The number of nitro benzene ring substituents is 1. The average molecular weight is 286 g/mol. The van der Waals surface area contributed by atoms with Crippen molar-refractivity contribution in [2.24, 2.45) is 0 Å². The van der Waals surface area contributed by atoms with Gasteiger partial charge in [-0.3, -0.25) is 14.9 Å². The molecule has 0 heterocycles. The van der Waals surface area contributed by atoms with Gasteiger partial charge in [0.25, 0.3) is 5.91 Å². The molecule has 0 aliphatic rings. The van der Waals surface area contributed by atoms with E-state index in [-0.39, 0.29) is 6.04 Å². The third kappa shape index (κ3) is 3.09. The lowest BCUT2D eigenvalue weighted by atomic mass is 10.1. The van der Waals surface area contributed by atoms with Crippen molar-refractivity contribution in [1.82, 2.24) is 4.90 Å². The molecule has 20 heavy (non-hydrogen) atoms. The Labute approximate surface area is 115 Å². The van der Waals surface area contributed by atoms with Gasteiger partial charge in [0.2, 0.25) is 5.82 Å². The zero-order chi connectivity index (χ0) is 15.4. The van der Waals surface area contributed by atoms with E-state index in [1.165, 1.54) is 4.90 Å². The number of hydrogen-bond acceptors (Lipinski definition) is 3. The van der Waals surface area contributed by atoms with E-state index in [0.717, 1.165) is 6.07 Å². The van der Waals surface area contributed by atoms with E-state index in [4.69, 9.17) is 0 Å². The van der Waals surface area contributed by atoms with Gasteiger partial charge >= 0.3 is 5.69 Å². The van der Waals surface area contributed by atoms with Crippen molar-refractivity contribution in [3.05, 3.63) is 39.4 Å². The van der Waals surface area contributed by atoms with Gasteiger partial charge in [0.05, 0.1) is 4.92 Å². The summed E-state index contributed by atoms with van der Waals surface area (Å²) in [5.41, 5.74) is -1.78. The number of halogens is 2. The van der Waals surface area contributed by atoms with Gasteiger partial charge < -0.3 is 4.90 Å². The molecular formula is C13H16F2N2O3. The van der Waals surface area contributed by atoms with Crippen LogP contribution in [0.5, 0.6) is 0 Å². The largest absolute Gasteiger partial charge is 0.336 e. The highest BCUT2D eigenvalue weighted by atomic mass is 19.1. The lowest BCUT2D eigenvalue weighted by Crippen LogP contribution is -2.38. The van der Waals surface area contributed by atoms with Crippen molar-refractivity contribution in [3.8, 4) is 0 Å². The van der Waals surface area contributed by atoms with Crippen molar-refractivity contribution >= 4 is 11.6 Å². The fraction of sp³-hybridized carbons (Fsp3) is 0.462. The summed E-state index contributed by atoms with van der Waals surface area (Å²) in [6.07, 6.45) is 0.613. The van der Waals surface area contributed by atoms with Crippen LogP contribution in [0.15, 0.2) is 12.1 Å². The van der Waals surface area contributed by atoms with Crippen LogP contribution in [-0.2, 0) is 0 Å². The third-order valence-corrected chi connectivity index (χ3v) is 2.83. The molecule has 0 bridgehead atoms. The Hall–Kier alpha value is -2.05. The summed E-state index contributed by atoms with van der Waals surface area (Å²) in [7, 11) is 0. The second kappa shape index (κ2) is 6.40. The molecule has 0 fully saturated rings. The van der Waals surface area contributed by atoms with Crippen molar-refractivity contribution in [2.45, 2.75) is 33.2 Å². The van der Waals surface area contributed by atoms with Gasteiger partial charge in [-0.15, -0.1) is 0 Å². The molecule has 0 radical (unpaired) electrons. The first kappa shape index (κ1) is 16.0. The molecule has 1 rings (SSSR count). The maximum Gasteiger partial charge on any atom is 0.305 e. The predicted octanol–water partition coefficient (Wildman–Crippen LogP) is 3.13. The van der Waals surface area contributed by atoms with E-state index in [0.29, 0.717) is 19.0 Å². The molecule has 1 aromatic carbocycles. The van der Waals surface area contributed by atoms with Crippen LogP contribution in [0, 0.1) is 21.7 Å². The Balaban J connectivity index is 3.34. The Kier molecular flexibility index (Phi) is 5.12. The van der Waals surface area contributed by atoms with Crippen LogP contribution in [0.25, 0.3) is 0 Å². The second-order valence-corrected chi connectivity index (χ2v) is 4.60. The fourth-order valence-corrected chi connectivity index (χ4v) is 1.86. The van der Waals surface area contributed by atoms with Crippen LogP contribution >= 0.6 is 0 Å². The van der Waals surface area contributed by atoms with E-state index in [1.54, 1.807) is 13.8 Å². The minimum absolute atomic E-state index is 0.263. The predicted molar refractivity (Wildman–Crippen MR) is 69.5 cm³/mol. The molecule has 1 aromatic rings. The quantitative estimate of drug-likeness (QED) is 0.617. The highest BCUT2D eigenvalue weighted by Gasteiger charge is 2.29. The molecule has 0 aromatic heterocycles. The lowest BCUT2D eigenvalue weighted by Gasteiger charge is -2.26. The first-order chi connectivity index (χ1) is 9.31. The SMILES string of the molecule is CCCN(C(=O)c1c(F)ccc([N+](=O)[O-])c1F)C(C)C. The molecule has 7 heteroatoms. The number of carbonyl (C=O) groups excluding carboxylic acids is 1. The van der Waals surface area contributed by atoms with Gasteiger partial charge in [-0.2, -0.15) is 4.39 Å². The standard InChI is InChI=1S/C13H16F2N2O3/c1-4-7-16(8(2)3)13(18)11-9(14)5-6-10(12(11)15)17(19)20/h5-6,8H,4,7H2,1-3H3. The van der Waals surface area contributed by atoms with Crippen LogP contribution in [0.4, 0.5) is 14.5 Å². The van der Waals surface area contributed by atoms with Gasteiger partial charge in [-0.25, -0.2) is 4.39 Å². The molecule has 110 valence electrons. The van der Waals surface area contributed by atoms with Crippen molar-refractivity contribution in [2.75, 3.05) is 6.54 Å². The maximum atomic E-state index is 14.0. The van der Waals surface area contributed by atoms with Crippen molar-refractivity contribution in [3.63, 3.8) is 0 Å². The third-order valence-electron chi connectivity index (χ3n) is 2.83. The summed E-state index contributed by atoms with van der Waals surface area (Å²) in [5.74, 6) is -3.40. The Morgan fingerprint density at radius 2 is 2.00 bits per heavy atom. The first-order valence-corrected chi connectivity index (χ1v) is 6.24. The van der Waals surface area contributed by atoms with E-state index in [2.05, 4.69) is 0 Å². The molecular weight excluding hydrogens is 270 g/mol. The van der Waals surface area contributed by atoms with Gasteiger partial charge in [-0.05, 0) is 26.3 Å². The van der Waals surface area contributed by atoms with Gasteiger partial charge in [-0.1, -0.05) is 6.92 Å². The summed E-state index contributed by atoms with van der Waals surface area (Å²) in [6.45, 7) is 5.56. The zero-order valence-corrected chi connectivity index (χ0v) is 11.5. The lowest BCUT2D eigenvalue weighted by molar-refractivity contribution is -0.387. The second-order valence-electron chi connectivity index (χ2n) is 4.60. The molecule has 0 saturated carbocycles. The number of nitro groups is 1. The topological polar surface area (TPSA) is 63.5 Å². The number of hydrogen-bond donors (Lipinski definition) is 0. The monoisotopic (exact) mass is 286 g/mol. The number of amides is 1. The molecule has 0 N–H and O–H groups in total. The van der Waals surface area contributed by atoms with Crippen LogP contribution in [0.1, 0.15) is 37.6 Å². The molecule has 0 aliphatic carbocycles. The Morgan fingerprint density at radius 1 is 1.40 bits per heavy atom. The average Bonchev–Trinajstić information content (AvgIpc) is 2.34. The highest BCUT2D eigenvalue weighted by Crippen LogP contribution is 2.24. The summed E-state index contributed by atoms with van der Waals surface area (Å²) >= 11 is 0. The maximum absolute atomic E-state index is 14.0. The molecule has 0 atom stereocenters. The van der Waals surface area contributed by atoms with Crippen LogP contribution in [0.2, 0.25) is 0 Å². The molecule has 0 aliphatic heterocycles. The van der Waals surface area contributed by atoms with E-state index in [1.807, 2.05) is 6.92 Å². The van der Waals surface area contributed by atoms with Gasteiger partial charge in [0.1, 0.15) is 11.4 Å². The normalized spacial score (nSPS) is 10.7. The number of nitrogens with zero attached hydrogens (tertiary/aromatic N) is 2. The summed E-state index contributed by atoms with van der Waals surface area (Å²) in [6, 6.07) is 1.18. The van der Waals surface area contributed by atoms with Gasteiger partial charge in [0, 0.05) is 18.7 Å². The number of rotatable bonds is 5. The van der Waals surface area contributed by atoms with E-state index >= 15 is 0 Å². The summed E-state index contributed by atoms with van der Waals surface area (Å²) in [5, 5.41) is 10.7. The molecule has 5 nitrogen and oxygen atoms in total. The molecule has 1 amide bonds. The van der Waals surface area contributed by atoms with Gasteiger partial charge in [0.15, 0.2) is 0 Å². The Bertz CT molecular complexity index is 533. The molecule has 0 saturated heterocycles. The smallest absolute Gasteiger partial charge is 0.305 e. The van der Waals surface area contributed by atoms with Crippen LogP contribution in [0.3, 0.4) is 0 Å². The number of benzene rings is 1. The summed E-state index contributed by atoms with van der Waals surface area (Å²) < 4.78 is 27.7. The minimum atomic E-state index is -1.43. The van der Waals surface area contributed by atoms with Crippen LogP contribution in [-0.4, -0.2) is 28.3 Å². The van der Waals surface area contributed by atoms with E-state index < -0.39 is 33.7 Å². The van der Waals surface area contributed by atoms with Crippen LogP contribution < -0.4 is 0 Å². The zero-order valence-electron chi connectivity index (χ0n) is 11.5. The fourth-order valence-electron chi connectivity index (χ4n) is 1.86. The highest BCUT2D eigenvalue weighted by molar-refractivity contribution is 5.95. The Morgan fingerprint density at radius 3 is 2.45 bits per heavy atom. The minimum Gasteiger partial charge on any atom is -0.336 e. The number of carbonyl (C=O) groups is 1. The molecule has 0 unspecified atom stereocenters. The first-order valence-electron chi connectivity index (χ1n) is 6.24. The van der Waals surface area contributed by atoms with E-state index in [9.17, 15) is 23.7 Å².